The standard InChI is InChI=1S/C10H13Cl2NO.C2H2O4/c1-7(13-2)6-14-9-5-3-4-8(11)10(9)12;3-1(4)2(5)6/h3-5,7,13H,6H2,1-2H3;(H,3,4)(H,5,6). The van der Waals surface area contributed by atoms with Gasteiger partial charge in [-0.15, -0.1) is 0 Å². The minimum absolute atomic E-state index is 0.282. The fourth-order valence-electron chi connectivity index (χ4n) is 0.894. The van der Waals surface area contributed by atoms with Crippen LogP contribution < -0.4 is 10.1 Å². The van der Waals surface area contributed by atoms with E-state index in [-0.39, 0.29) is 6.04 Å². The largest absolute Gasteiger partial charge is 0.490 e. The highest BCUT2D eigenvalue weighted by atomic mass is 35.5. The van der Waals surface area contributed by atoms with Crippen molar-refractivity contribution in [1.82, 2.24) is 5.32 Å². The van der Waals surface area contributed by atoms with Gasteiger partial charge in [-0.1, -0.05) is 29.3 Å². The number of aliphatic carboxylic acids is 2. The summed E-state index contributed by atoms with van der Waals surface area (Å²) in [6.07, 6.45) is 0. The second-order valence-corrected chi connectivity index (χ2v) is 4.45. The van der Waals surface area contributed by atoms with Crippen LogP contribution >= 0.6 is 23.2 Å². The number of likely N-dealkylation sites (N-methyl/N-ethyl adjacent to an activating group) is 1. The molecule has 1 aromatic rings. The molecule has 6 nitrogen and oxygen atoms in total. The number of carboxylic acids is 2. The van der Waals surface area contributed by atoms with Crippen LogP contribution in [-0.4, -0.2) is 41.8 Å². The van der Waals surface area contributed by atoms with Crippen LogP contribution in [0.5, 0.6) is 5.75 Å². The molecule has 112 valence electrons. The van der Waals surface area contributed by atoms with E-state index in [4.69, 9.17) is 47.7 Å². The number of nitrogens with one attached hydrogen (secondary N) is 1. The van der Waals surface area contributed by atoms with Crippen molar-refractivity contribution in [2.24, 2.45) is 0 Å². The fourth-order valence-corrected chi connectivity index (χ4v) is 1.24. The maximum absolute atomic E-state index is 9.10. The molecule has 0 aromatic heterocycles. The van der Waals surface area contributed by atoms with Crippen molar-refractivity contribution in [3.63, 3.8) is 0 Å². The van der Waals surface area contributed by atoms with Gasteiger partial charge in [-0.05, 0) is 26.1 Å². The minimum atomic E-state index is -1.82. The van der Waals surface area contributed by atoms with Crippen molar-refractivity contribution in [2.75, 3.05) is 13.7 Å². The van der Waals surface area contributed by atoms with Gasteiger partial charge in [0.15, 0.2) is 0 Å². The lowest BCUT2D eigenvalue weighted by atomic mass is 10.3. The second kappa shape index (κ2) is 9.41. The monoisotopic (exact) mass is 323 g/mol. The predicted octanol–water partition coefficient (Wildman–Crippen LogP) is 2.14. The van der Waals surface area contributed by atoms with E-state index in [1.54, 1.807) is 12.1 Å². The predicted molar refractivity (Wildman–Crippen MR) is 75.8 cm³/mol. The molecule has 0 aliphatic heterocycles. The summed E-state index contributed by atoms with van der Waals surface area (Å²) in [7, 11) is 1.88. The molecule has 0 fully saturated rings. The molecule has 0 saturated heterocycles. The van der Waals surface area contributed by atoms with Crippen molar-refractivity contribution < 1.29 is 24.5 Å². The smallest absolute Gasteiger partial charge is 0.414 e. The van der Waals surface area contributed by atoms with Gasteiger partial charge in [0.1, 0.15) is 17.4 Å². The zero-order valence-electron chi connectivity index (χ0n) is 10.9. The van der Waals surface area contributed by atoms with Crippen LogP contribution in [0.4, 0.5) is 0 Å². The van der Waals surface area contributed by atoms with Crippen molar-refractivity contribution in [3.05, 3.63) is 28.2 Å². The van der Waals surface area contributed by atoms with Crippen LogP contribution in [0.15, 0.2) is 18.2 Å². The lowest BCUT2D eigenvalue weighted by Gasteiger charge is -2.13. The molecule has 0 aliphatic rings. The number of halogens is 2. The highest BCUT2D eigenvalue weighted by molar-refractivity contribution is 6.42. The number of ether oxygens (including phenoxy) is 1. The molecule has 0 heterocycles. The number of benzene rings is 1. The molecule has 20 heavy (non-hydrogen) atoms. The van der Waals surface area contributed by atoms with Crippen LogP contribution in [-0.2, 0) is 9.59 Å². The first-order valence-electron chi connectivity index (χ1n) is 5.49. The third-order valence-electron chi connectivity index (χ3n) is 2.08. The van der Waals surface area contributed by atoms with E-state index in [0.717, 1.165) is 0 Å². The Morgan fingerprint density at radius 1 is 1.30 bits per heavy atom. The van der Waals surface area contributed by atoms with E-state index in [1.807, 2.05) is 20.0 Å². The molecule has 8 heteroatoms. The van der Waals surface area contributed by atoms with E-state index in [1.165, 1.54) is 0 Å². The summed E-state index contributed by atoms with van der Waals surface area (Å²) in [6, 6.07) is 5.63. The van der Waals surface area contributed by atoms with Crippen LogP contribution in [0.25, 0.3) is 0 Å². The van der Waals surface area contributed by atoms with Gasteiger partial charge < -0.3 is 20.3 Å². The Morgan fingerprint density at radius 3 is 2.30 bits per heavy atom. The summed E-state index contributed by atoms with van der Waals surface area (Å²) in [5.41, 5.74) is 0. The minimum Gasteiger partial charge on any atom is -0.490 e. The van der Waals surface area contributed by atoms with Crippen LogP contribution in [0, 0.1) is 0 Å². The Morgan fingerprint density at radius 2 is 1.85 bits per heavy atom. The average Bonchev–Trinajstić information content (AvgIpc) is 2.40. The first kappa shape index (κ1) is 18.5. The molecular weight excluding hydrogens is 309 g/mol. The SMILES string of the molecule is CNC(C)COc1cccc(Cl)c1Cl.O=C(O)C(=O)O. The summed E-state index contributed by atoms with van der Waals surface area (Å²) >= 11 is 11.8. The van der Waals surface area contributed by atoms with Crippen molar-refractivity contribution in [2.45, 2.75) is 13.0 Å². The van der Waals surface area contributed by atoms with Crippen molar-refractivity contribution in [1.29, 1.82) is 0 Å². The lowest BCUT2D eigenvalue weighted by Crippen LogP contribution is -2.28. The molecular formula is C12H15Cl2NO5. The summed E-state index contributed by atoms with van der Waals surface area (Å²) < 4.78 is 5.49. The van der Waals surface area contributed by atoms with Crippen molar-refractivity contribution >= 4 is 35.1 Å². The van der Waals surface area contributed by atoms with Crippen LogP contribution in [0.3, 0.4) is 0 Å². The average molecular weight is 324 g/mol. The van der Waals surface area contributed by atoms with E-state index >= 15 is 0 Å². The number of rotatable bonds is 4. The van der Waals surface area contributed by atoms with Gasteiger partial charge in [0.25, 0.3) is 0 Å². The van der Waals surface area contributed by atoms with Gasteiger partial charge in [-0.2, -0.15) is 0 Å². The van der Waals surface area contributed by atoms with E-state index in [9.17, 15) is 0 Å². The molecule has 1 atom stereocenters. The zero-order chi connectivity index (χ0) is 15.7. The molecule has 0 spiro atoms. The Bertz CT molecular complexity index is 455. The van der Waals surface area contributed by atoms with Crippen LogP contribution in [0.2, 0.25) is 10.0 Å². The van der Waals surface area contributed by atoms with Gasteiger partial charge >= 0.3 is 11.9 Å². The molecule has 0 amide bonds. The first-order valence-corrected chi connectivity index (χ1v) is 6.25. The Hall–Kier alpha value is -1.50. The maximum Gasteiger partial charge on any atom is 0.414 e. The number of hydrogen-bond donors (Lipinski definition) is 3. The number of hydrogen-bond acceptors (Lipinski definition) is 4. The summed E-state index contributed by atoms with van der Waals surface area (Å²) in [5, 5.41) is 18.8. The quantitative estimate of drug-likeness (QED) is 0.735. The summed E-state index contributed by atoms with van der Waals surface area (Å²) in [6.45, 7) is 2.59. The van der Waals surface area contributed by atoms with E-state index < -0.39 is 11.9 Å². The first-order chi connectivity index (χ1) is 9.29. The molecule has 0 aliphatic carbocycles. The normalized spacial score (nSPS) is 11.0. The zero-order valence-corrected chi connectivity index (χ0v) is 12.4. The highest BCUT2D eigenvalue weighted by Gasteiger charge is 2.06. The highest BCUT2D eigenvalue weighted by Crippen LogP contribution is 2.31. The van der Waals surface area contributed by atoms with E-state index in [2.05, 4.69) is 5.32 Å². The van der Waals surface area contributed by atoms with Crippen molar-refractivity contribution in [3.8, 4) is 5.75 Å². The van der Waals surface area contributed by atoms with Gasteiger partial charge in [0.05, 0.1) is 5.02 Å². The van der Waals surface area contributed by atoms with Gasteiger partial charge in [-0.25, -0.2) is 9.59 Å². The topological polar surface area (TPSA) is 95.9 Å². The third kappa shape index (κ3) is 7.18. The molecule has 0 saturated carbocycles. The second-order valence-electron chi connectivity index (χ2n) is 3.66. The lowest BCUT2D eigenvalue weighted by molar-refractivity contribution is -0.159. The van der Waals surface area contributed by atoms with E-state index in [0.29, 0.717) is 22.4 Å². The summed E-state index contributed by atoms with van der Waals surface area (Å²) in [5.74, 6) is -3.02. The Kier molecular flexibility index (Phi) is 8.71. The molecule has 0 bridgehead atoms. The summed E-state index contributed by atoms with van der Waals surface area (Å²) in [4.78, 5) is 18.2. The molecule has 0 radical (unpaired) electrons. The molecule has 1 unspecified atom stereocenters. The van der Waals surface area contributed by atoms with Gasteiger partial charge in [0, 0.05) is 6.04 Å². The Balaban J connectivity index is 0.000000511. The number of carboxylic acid groups (broad SMARTS) is 2. The van der Waals surface area contributed by atoms with Crippen LogP contribution in [0.1, 0.15) is 6.92 Å². The van der Waals surface area contributed by atoms with Gasteiger partial charge in [0.2, 0.25) is 0 Å². The molecule has 1 aromatic carbocycles. The number of carbonyl (C=O) groups is 2. The van der Waals surface area contributed by atoms with Gasteiger partial charge in [-0.3, -0.25) is 0 Å². The molecule has 3 N–H and O–H groups in total. The Labute approximate surface area is 126 Å². The maximum atomic E-state index is 9.10. The fraction of sp³-hybridized carbons (Fsp3) is 0.333. The molecule has 1 rings (SSSR count). The third-order valence-corrected chi connectivity index (χ3v) is 2.88.